The van der Waals surface area contributed by atoms with Crippen LogP contribution in [0.2, 0.25) is 0 Å². The van der Waals surface area contributed by atoms with Crippen molar-refractivity contribution in [3.63, 3.8) is 0 Å². The van der Waals surface area contributed by atoms with Gasteiger partial charge in [0.25, 0.3) is 0 Å². The van der Waals surface area contributed by atoms with Crippen molar-refractivity contribution in [2.45, 2.75) is 51.7 Å². The van der Waals surface area contributed by atoms with E-state index in [0.29, 0.717) is 23.0 Å². The van der Waals surface area contributed by atoms with E-state index < -0.39 is 0 Å². The van der Waals surface area contributed by atoms with E-state index in [1.165, 1.54) is 0 Å². The van der Waals surface area contributed by atoms with Crippen LogP contribution in [0.4, 0.5) is 0 Å². The van der Waals surface area contributed by atoms with E-state index in [1.807, 2.05) is 19.1 Å². The second kappa shape index (κ2) is 6.77. The SMILES string of the molecule is C=C1C(=O)O[C@@H]2C[C@]3(C)C(CCC(C)OC(=O)c4ccc(Br)cc4)[C@@H]3C[C@H]12. The van der Waals surface area contributed by atoms with Crippen LogP contribution in [0.15, 0.2) is 40.9 Å². The minimum Gasteiger partial charge on any atom is -0.459 e. The zero-order valence-electron chi connectivity index (χ0n) is 15.7. The molecule has 2 aliphatic carbocycles. The summed E-state index contributed by atoms with van der Waals surface area (Å²) in [6.07, 6.45) is 3.74. The van der Waals surface area contributed by atoms with Crippen molar-refractivity contribution < 1.29 is 19.1 Å². The average Bonchev–Trinajstić information content (AvgIpc) is 3.10. The fraction of sp³-hybridized carbons (Fsp3) is 0.545. The molecule has 3 aliphatic rings. The zero-order chi connectivity index (χ0) is 19.3. The third-order valence-electron chi connectivity index (χ3n) is 6.91. The van der Waals surface area contributed by atoms with Crippen molar-refractivity contribution in [1.29, 1.82) is 0 Å². The zero-order valence-corrected chi connectivity index (χ0v) is 17.3. The number of hydrogen-bond acceptors (Lipinski definition) is 4. The lowest BCUT2D eigenvalue weighted by atomic mass is 9.79. The molecule has 1 heterocycles. The maximum atomic E-state index is 12.2. The van der Waals surface area contributed by atoms with Crippen LogP contribution < -0.4 is 0 Å². The first-order valence-corrected chi connectivity index (χ1v) is 10.4. The first-order chi connectivity index (χ1) is 12.8. The largest absolute Gasteiger partial charge is 0.459 e. The molecule has 2 unspecified atom stereocenters. The van der Waals surface area contributed by atoms with Crippen LogP contribution in [0.1, 0.15) is 49.9 Å². The Balaban J connectivity index is 1.29. The Kier molecular flexibility index (Phi) is 4.69. The molecule has 0 aromatic heterocycles. The summed E-state index contributed by atoms with van der Waals surface area (Å²) in [4.78, 5) is 24.0. The van der Waals surface area contributed by atoms with Crippen molar-refractivity contribution >= 4 is 27.9 Å². The molecule has 4 nitrogen and oxygen atoms in total. The van der Waals surface area contributed by atoms with E-state index in [9.17, 15) is 9.59 Å². The van der Waals surface area contributed by atoms with Crippen LogP contribution in [0.5, 0.6) is 0 Å². The fourth-order valence-electron chi connectivity index (χ4n) is 5.20. The highest BCUT2D eigenvalue weighted by Crippen LogP contribution is 2.70. The van der Waals surface area contributed by atoms with Gasteiger partial charge < -0.3 is 9.47 Å². The number of ether oxygens (including phenoxy) is 2. The van der Waals surface area contributed by atoms with Crippen LogP contribution in [-0.4, -0.2) is 24.1 Å². The van der Waals surface area contributed by atoms with Gasteiger partial charge in [-0.15, -0.1) is 0 Å². The Morgan fingerprint density at radius 2 is 2.11 bits per heavy atom. The normalized spacial score (nSPS) is 35.1. The molecule has 3 fully saturated rings. The number of carbonyl (C=O) groups is 2. The molecule has 1 aromatic carbocycles. The van der Waals surface area contributed by atoms with Gasteiger partial charge in [-0.1, -0.05) is 29.4 Å². The van der Waals surface area contributed by atoms with E-state index in [0.717, 1.165) is 30.2 Å². The molecule has 5 heteroatoms. The second-order valence-corrected chi connectivity index (χ2v) is 9.45. The highest BCUT2D eigenvalue weighted by molar-refractivity contribution is 9.10. The summed E-state index contributed by atoms with van der Waals surface area (Å²) >= 11 is 3.37. The molecular weight excluding hydrogens is 408 g/mol. The quantitative estimate of drug-likeness (QED) is 0.489. The van der Waals surface area contributed by atoms with Crippen LogP contribution in [-0.2, 0) is 14.3 Å². The molecule has 6 atom stereocenters. The van der Waals surface area contributed by atoms with Gasteiger partial charge in [0.15, 0.2) is 0 Å². The number of carbonyl (C=O) groups excluding carboxylic acids is 2. The van der Waals surface area contributed by atoms with Crippen molar-refractivity contribution in [2.75, 3.05) is 0 Å². The van der Waals surface area contributed by atoms with Crippen molar-refractivity contribution in [2.24, 2.45) is 23.2 Å². The number of fused-ring (bicyclic) bond motifs is 2. The first-order valence-electron chi connectivity index (χ1n) is 9.66. The summed E-state index contributed by atoms with van der Waals surface area (Å²) in [5, 5.41) is 0. The van der Waals surface area contributed by atoms with E-state index in [1.54, 1.807) is 12.1 Å². The molecular formula is C22H25BrO4. The summed E-state index contributed by atoms with van der Waals surface area (Å²) < 4.78 is 12.1. The average molecular weight is 433 g/mol. The highest BCUT2D eigenvalue weighted by Gasteiger charge is 2.66. The van der Waals surface area contributed by atoms with Gasteiger partial charge in [0, 0.05) is 16.0 Å². The standard InChI is InChI=1S/C22H25BrO4/c1-12(26-21(25)14-5-7-15(23)8-6-14)4-9-17-18-10-16-13(2)20(24)27-19(16)11-22(17,18)3/h5-8,12,16-19H,2,4,9-11H2,1,3H3/t12?,16-,17?,18+,19-,22-/m1/s1. The fourth-order valence-corrected chi connectivity index (χ4v) is 5.46. The van der Waals surface area contributed by atoms with Gasteiger partial charge >= 0.3 is 11.9 Å². The maximum absolute atomic E-state index is 12.2. The summed E-state index contributed by atoms with van der Waals surface area (Å²) in [6.45, 7) is 8.20. The smallest absolute Gasteiger partial charge is 0.338 e. The van der Waals surface area contributed by atoms with Crippen LogP contribution >= 0.6 is 15.9 Å². The predicted molar refractivity (Wildman–Crippen MR) is 105 cm³/mol. The molecule has 0 radical (unpaired) electrons. The number of halogens is 1. The Bertz CT molecular complexity index is 786. The topological polar surface area (TPSA) is 52.6 Å². The third-order valence-corrected chi connectivity index (χ3v) is 7.44. The Morgan fingerprint density at radius 3 is 2.81 bits per heavy atom. The number of benzene rings is 1. The number of rotatable bonds is 5. The minimum absolute atomic E-state index is 0.0175. The van der Waals surface area contributed by atoms with Crippen molar-refractivity contribution in [1.82, 2.24) is 0 Å². The first kappa shape index (κ1) is 18.7. The van der Waals surface area contributed by atoms with Gasteiger partial charge in [-0.3, -0.25) is 0 Å². The number of esters is 2. The lowest BCUT2D eigenvalue weighted by Crippen LogP contribution is -2.26. The molecule has 4 rings (SSSR count). The van der Waals surface area contributed by atoms with Crippen LogP contribution in [0, 0.1) is 23.2 Å². The molecule has 0 spiro atoms. The Morgan fingerprint density at radius 1 is 1.41 bits per heavy atom. The molecule has 0 amide bonds. The van der Waals surface area contributed by atoms with Gasteiger partial charge in [0.05, 0.1) is 11.7 Å². The van der Waals surface area contributed by atoms with Gasteiger partial charge in [-0.25, -0.2) is 9.59 Å². The summed E-state index contributed by atoms with van der Waals surface area (Å²) in [7, 11) is 0. The Hall–Kier alpha value is -1.62. The lowest BCUT2D eigenvalue weighted by Gasteiger charge is -2.27. The van der Waals surface area contributed by atoms with Gasteiger partial charge in [-0.2, -0.15) is 0 Å². The van der Waals surface area contributed by atoms with E-state index in [4.69, 9.17) is 9.47 Å². The minimum atomic E-state index is -0.271. The molecule has 0 N–H and O–H groups in total. The number of hydrogen-bond donors (Lipinski definition) is 0. The molecule has 2 saturated carbocycles. The van der Waals surface area contributed by atoms with E-state index in [-0.39, 0.29) is 35.5 Å². The summed E-state index contributed by atoms with van der Waals surface area (Å²) in [5.41, 5.74) is 1.48. The van der Waals surface area contributed by atoms with Crippen molar-refractivity contribution in [3.8, 4) is 0 Å². The second-order valence-electron chi connectivity index (χ2n) is 8.53. The molecule has 144 valence electrons. The van der Waals surface area contributed by atoms with E-state index in [2.05, 4.69) is 29.4 Å². The molecule has 1 aromatic rings. The molecule has 1 saturated heterocycles. The maximum Gasteiger partial charge on any atom is 0.338 e. The Labute approximate surface area is 168 Å². The lowest BCUT2D eigenvalue weighted by molar-refractivity contribution is -0.140. The molecule has 0 bridgehead atoms. The molecule has 27 heavy (non-hydrogen) atoms. The summed E-state index contributed by atoms with van der Waals surface area (Å²) in [6, 6.07) is 7.22. The summed E-state index contributed by atoms with van der Waals surface area (Å²) in [5.74, 6) is 0.961. The van der Waals surface area contributed by atoms with Gasteiger partial charge in [-0.05, 0) is 74.1 Å². The van der Waals surface area contributed by atoms with Crippen LogP contribution in [0.3, 0.4) is 0 Å². The predicted octanol–water partition coefficient (Wildman–Crippen LogP) is 4.92. The van der Waals surface area contributed by atoms with Gasteiger partial charge in [0.2, 0.25) is 0 Å². The van der Waals surface area contributed by atoms with Crippen molar-refractivity contribution in [3.05, 3.63) is 46.5 Å². The monoisotopic (exact) mass is 432 g/mol. The highest BCUT2D eigenvalue weighted by atomic mass is 79.9. The van der Waals surface area contributed by atoms with E-state index >= 15 is 0 Å². The molecule has 1 aliphatic heterocycles. The van der Waals surface area contributed by atoms with Gasteiger partial charge in [0.1, 0.15) is 6.10 Å². The van der Waals surface area contributed by atoms with Crippen LogP contribution in [0.25, 0.3) is 0 Å². The third kappa shape index (κ3) is 3.35.